The molecular weight excluding hydrogens is 184 g/mol. The summed E-state index contributed by atoms with van der Waals surface area (Å²) in [5.74, 6) is 1.73. The third-order valence-electron chi connectivity index (χ3n) is 3.41. The Bertz CT molecular complexity index is 165. The van der Waals surface area contributed by atoms with Gasteiger partial charge in [-0.2, -0.15) is 0 Å². The third kappa shape index (κ3) is 5.36. The SMILES string of the molecule is C=CCC1CCCC(COCCC)CC1. The van der Waals surface area contributed by atoms with E-state index in [-0.39, 0.29) is 0 Å². The summed E-state index contributed by atoms with van der Waals surface area (Å²) in [5, 5.41) is 0. The van der Waals surface area contributed by atoms with E-state index in [4.69, 9.17) is 4.74 Å². The standard InChI is InChI=1S/C14H26O/c1-3-6-13-7-5-8-14(10-9-13)12-15-11-4-2/h3,13-14H,1,4-12H2,2H3. The van der Waals surface area contributed by atoms with Gasteiger partial charge in [0.2, 0.25) is 0 Å². The highest BCUT2D eigenvalue weighted by molar-refractivity contribution is 4.77. The summed E-state index contributed by atoms with van der Waals surface area (Å²) in [6.07, 6.45) is 11.3. The fourth-order valence-corrected chi connectivity index (χ4v) is 2.49. The maximum absolute atomic E-state index is 5.65. The van der Waals surface area contributed by atoms with Crippen molar-refractivity contribution >= 4 is 0 Å². The summed E-state index contributed by atoms with van der Waals surface area (Å²) in [5.41, 5.74) is 0. The van der Waals surface area contributed by atoms with Crippen LogP contribution in [-0.4, -0.2) is 13.2 Å². The van der Waals surface area contributed by atoms with Crippen LogP contribution in [0.4, 0.5) is 0 Å². The minimum Gasteiger partial charge on any atom is -0.381 e. The quantitative estimate of drug-likeness (QED) is 0.363. The zero-order valence-corrected chi connectivity index (χ0v) is 10.2. The molecule has 15 heavy (non-hydrogen) atoms. The Balaban J connectivity index is 2.17. The predicted octanol–water partition coefficient (Wildman–Crippen LogP) is 4.19. The molecule has 0 aromatic carbocycles. The lowest BCUT2D eigenvalue weighted by Crippen LogP contribution is -2.09. The molecule has 1 fully saturated rings. The molecule has 88 valence electrons. The second-order valence-electron chi connectivity index (χ2n) is 4.84. The smallest absolute Gasteiger partial charge is 0.0494 e. The molecule has 1 heteroatoms. The Hall–Kier alpha value is -0.300. The van der Waals surface area contributed by atoms with Gasteiger partial charge in [0.1, 0.15) is 0 Å². The van der Waals surface area contributed by atoms with E-state index in [0.717, 1.165) is 31.5 Å². The first kappa shape index (κ1) is 12.8. The molecule has 0 radical (unpaired) electrons. The van der Waals surface area contributed by atoms with E-state index in [1.165, 1.54) is 38.5 Å². The second kappa shape index (κ2) is 7.92. The van der Waals surface area contributed by atoms with E-state index >= 15 is 0 Å². The lowest BCUT2D eigenvalue weighted by molar-refractivity contribution is 0.0940. The van der Waals surface area contributed by atoms with E-state index in [0.29, 0.717) is 0 Å². The predicted molar refractivity (Wildman–Crippen MR) is 66.0 cm³/mol. The van der Waals surface area contributed by atoms with Crippen molar-refractivity contribution in [2.24, 2.45) is 11.8 Å². The molecule has 1 saturated carbocycles. The van der Waals surface area contributed by atoms with Crippen LogP contribution in [0, 0.1) is 11.8 Å². The van der Waals surface area contributed by atoms with Gasteiger partial charge in [0.05, 0.1) is 0 Å². The monoisotopic (exact) mass is 210 g/mol. The van der Waals surface area contributed by atoms with Gasteiger partial charge in [-0.25, -0.2) is 0 Å². The Labute approximate surface area is 94.9 Å². The van der Waals surface area contributed by atoms with E-state index in [9.17, 15) is 0 Å². The van der Waals surface area contributed by atoms with Crippen LogP contribution in [0.2, 0.25) is 0 Å². The molecule has 2 atom stereocenters. The van der Waals surface area contributed by atoms with Gasteiger partial charge in [-0.3, -0.25) is 0 Å². The van der Waals surface area contributed by atoms with Crippen molar-refractivity contribution < 1.29 is 4.74 Å². The Kier molecular flexibility index (Phi) is 6.74. The van der Waals surface area contributed by atoms with Crippen molar-refractivity contribution in [3.8, 4) is 0 Å². The third-order valence-corrected chi connectivity index (χ3v) is 3.41. The molecule has 1 rings (SSSR count). The van der Waals surface area contributed by atoms with E-state index < -0.39 is 0 Å². The Morgan fingerprint density at radius 2 is 1.93 bits per heavy atom. The molecule has 0 amide bonds. The van der Waals surface area contributed by atoms with Gasteiger partial charge in [0, 0.05) is 13.2 Å². The van der Waals surface area contributed by atoms with Crippen molar-refractivity contribution in [2.45, 2.75) is 51.9 Å². The second-order valence-corrected chi connectivity index (χ2v) is 4.84. The number of hydrogen-bond acceptors (Lipinski definition) is 1. The zero-order chi connectivity index (χ0) is 10.9. The molecule has 0 heterocycles. The summed E-state index contributed by atoms with van der Waals surface area (Å²) >= 11 is 0. The molecule has 1 nitrogen and oxygen atoms in total. The molecule has 0 aliphatic heterocycles. The molecule has 0 N–H and O–H groups in total. The maximum Gasteiger partial charge on any atom is 0.0494 e. The number of rotatable bonds is 6. The van der Waals surface area contributed by atoms with Crippen LogP contribution in [0.1, 0.15) is 51.9 Å². The van der Waals surface area contributed by atoms with Gasteiger partial charge in [-0.15, -0.1) is 6.58 Å². The summed E-state index contributed by atoms with van der Waals surface area (Å²) < 4.78 is 5.65. The highest BCUT2D eigenvalue weighted by Gasteiger charge is 2.17. The first-order valence-electron chi connectivity index (χ1n) is 6.55. The van der Waals surface area contributed by atoms with Crippen molar-refractivity contribution in [3.63, 3.8) is 0 Å². The van der Waals surface area contributed by atoms with Crippen LogP contribution < -0.4 is 0 Å². The number of ether oxygens (including phenoxy) is 1. The zero-order valence-electron chi connectivity index (χ0n) is 10.2. The fraction of sp³-hybridized carbons (Fsp3) is 0.857. The summed E-state index contributed by atoms with van der Waals surface area (Å²) in [4.78, 5) is 0. The van der Waals surface area contributed by atoms with Crippen LogP contribution in [-0.2, 0) is 4.74 Å². The molecule has 0 saturated heterocycles. The normalized spacial score (nSPS) is 27.3. The van der Waals surface area contributed by atoms with Crippen LogP contribution >= 0.6 is 0 Å². The molecule has 1 aliphatic rings. The van der Waals surface area contributed by atoms with Crippen LogP contribution in [0.5, 0.6) is 0 Å². The highest BCUT2D eigenvalue weighted by Crippen LogP contribution is 2.29. The summed E-state index contributed by atoms with van der Waals surface area (Å²) in [7, 11) is 0. The summed E-state index contributed by atoms with van der Waals surface area (Å²) in [6, 6.07) is 0. The fourth-order valence-electron chi connectivity index (χ4n) is 2.49. The Morgan fingerprint density at radius 1 is 1.20 bits per heavy atom. The molecular formula is C14H26O. The van der Waals surface area contributed by atoms with Gasteiger partial charge in [-0.05, 0) is 43.9 Å². The molecule has 0 spiro atoms. The van der Waals surface area contributed by atoms with Crippen molar-refractivity contribution in [1.29, 1.82) is 0 Å². The molecule has 0 aromatic heterocycles. The maximum atomic E-state index is 5.65. The summed E-state index contributed by atoms with van der Waals surface area (Å²) in [6.45, 7) is 7.95. The first-order chi connectivity index (χ1) is 7.36. The Morgan fingerprint density at radius 3 is 2.67 bits per heavy atom. The van der Waals surface area contributed by atoms with E-state index in [1.54, 1.807) is 0 Å². The first-order valence-corrected chi connectivity index (χ1v) is 6.55. The highest BCUT2D eigenvalue weighted by atomic mass is 16.5. The minimum absolute atomic E-state index is 0.825. The van der Waals surface area contributed by atoms with Gasteiger partial charge >= 0.3 is 0 Å². The lowest BCUT2D eigenvalue weighted by atomic mass is 9.96. The van der Waals surface area contributed by atoms with Crippen molar-refractivity contribution in [1.82, 2.24) is 0 Å². The lowest BCUT2D eigenvalue weighted by Gasteiger charge is -2.14. The van der Waals surface area contributed by atoms with Crippen LogP contribution in [0.25, 0.3) is 0 Å². The van der Waals surface area contributed by atoms with E-state index in [2.05, 4.69) is 19.6 Å². The molecule has 2 unspecified atom stereocenters. The van der Waals surface area contributed by atoms with Gasteiger partial charge in [-0.1, -0.05) is 25.8 Å². The molecule has 0 aromatic rings. The van der Waals surface area contributed by atoms with Gasteiger partial charge in [0.15, 0.2) is 0 Å². The number of allylic oxidation sites excluding steroid dienone is 1. The van der Waals surface area contributed by atoms with Gasteiger partial charge < -0.3 is 4.74 Å². The van der Waals surface area contributed by atoms with E-state index in [1.807, 2.05) is 0 Å². The van der Waals surface area contributed by atoms with Crippen LogP contribution in [0.15, 0.2) is 12.7 Å². The van der Waals surface area contributed by atoms with Crippen LogP contribution in [0.3, 0.4) is 0 Å². The van der Waals surface area contributed by atoms with Gasteiger partial charge in [0.25, 0.3) is 0 Å². The van der Waals surface area contributed by atoms with Crippen molar-refractivity contribution in [2.75, 3.05) is 13.2 Å². The number of hydrogen-bond donors (Lipinski definition) is 0. The topological polar surface area (TPSA) is 9.23 Å². The largest absolute Gasteiger partial charge is 0.381 e. The average molecular weight is 210 g/mol. The molecule has 0 bridgehead atoms. The van der Waals surface area contributed by atoms with Crippen molar-refractivity contribution in [3.05, 3.63) is 12.7 Å². The minimum atomic E-state index is 0.825. The average Bonchev–Trinajstić information content (AvgIpc) is 2.45. The molecule has 1 aliphatic carbocycles.